The third-order valence-electron chi connectivity index (χ3n) is 3.18. The number of aromatic nitrogens is 1. The Morgan fingerprint density at radius 1 is 0.952 bits per heavy atom. The molecule has 1 heterocycles. The van der Waals surface area contributed by atoms with Crippen LogP contribution in [0.3, 0.4) is 0 Å². The molecule has 0 unspecified atom stereocenters. The van der Waals surface area contributed by atoms with E-state index >= 15 is 0 Å². The number of aromatic hydroxyl groups is 1. The molecule has 2 aromatic carbocycles. The second kappa shape index (κ2) is 5.94. The molecule has 0 spiro atoms. The Labute approximate surface area is 128 Å². The van der Waals surface area contributed by atoms with E-state index in [9.17, 15) is 5.11 Å². The van der Waals surface area contributed by atoms with E-state index in [2.05, 4.69) is 41.6 Å². The molecule has 0 bridgehead atoms. The van der Waals surface area contributed by atoms with Gasteiger partial charge in [-0.15, -0.1) is 11.3 Å². The highest BCUT2D eigenvalue weighted by Crippen LogP contribution is 2.23. The van der Waals surface area contributed by atoms with E-state index in [1.165, 1.54) is 5.56 Å². The van der Waals surface area contributed by atoms with Gasteiger partial charge in [-0.3, -0.25) is 0 Å². The van der Waals surface area contributed by atoms with Crippen LogP contribution in [0.25, 0.3) is 23.4 Å². The molecule has 3 heteroatoms. The molecule has 0 amide bonds. The van der Waals surface area contributed by atoms with Crippen LogP contribution >= 0.6 is 11.3 Å². The molecule has 0 saturated heterocycles. The minimum absolute atomic E-state index is 0.281. The predicted octanol–water partition coefficient (Wildman–Crippen LogP) is 4.99. The lowest BCUT2D eigenvalue weighted by molar-refractivity contribution is 0.475. The van der Waals surface area contributed by atoms with Crippen LogP contribution in [0.5, 0.6) is 5.75 Å². The van der Waals surface area contributed by atoms with Crippen LogP contribution in [-0.4, -0.2) is 10.1 Å². The fraction of sp³-hybridized carbons (Fsp3) is 0.0556. The van der Waals surface area contributed by atoms with E-state index in [0.29, 0.717) is 0 Å². The summed E-state index contributed by atoms with van der Waals surface area (Å²) < 4.78 is 0. The van der Waals surface area contributed by atoms with Crippen molar-refractivity contribution in [3.05, 3.63) is 70.0 Å². The lowest BCUT2D eigenvalue weighted by Gasteiger charge is -1.96. The first-order valence-corrected chi connectivity index (χ1v) is 7.58. The fourth-order valence-corrected chi connectivity index (χ4v) is 2.69. The highest BCUT2D eigenvalue weighted by atomic mass is 32.1. The van der Waals surface area contributed by atoms with E-state index in [0.717, 1.165) is 21.8 Å². The van der Waals surface area contributed by atoms with Crippen molar-refractivity contribution < 1.29 is 5.11 Å². The third kappa shape index (κ3) is 3.38. The third-order valence-corrected chi connectivity index (χ3v) is 3.99. The van der Waals surface area contributed by atoms with Gasteiger partial charge in [0.2, 0.25) is 0 Å². The topological polar surface area (TPSA) is 33.1 Å². The lowest BCUT2D eigenvalue weighted by Crippen LogP contribution is -1.79. The van der Waals surface area contributed by atoms with E-state index < -0.39 is 0 Å². The van der Waals surface area contributed by atoms with Crippen LogP contribution in [0.1, 0.15) is 16.1 Å². The van der Waals surface area contributed by atoms with Gasteiger partial charge in [-0.25, -0.2) is 4.98 Å². The minimum atomic E-state index is 0.281. The summed E-state index contributed by atoms with van der Waals surface area (Å²) in [6, 6.07) is 15.5. The number of phenols is 1. The van der Waals surface area contributed by atoms with Gasteiger partial charge in [0.15, 0.2) is 0 Å². The van der Waals surface area contributed by atoms with Gasteiger partial charge >= 0.3 is 0 Å². The van der Waals surface area contributed by atoms with E-state index in [1.807, 2.05) is 24.3 Å². The fourth-order valence-electron chi connectivity index (χ4n) is 1.97. The van der Waals surface area contributed by atoms with Gasteiger partial charge in [0.1, 0.15) is 10.8 Å². The van der Waals surface area contributed by atoms with Crippen LogP contribution in [0.2, 0.25) is 0 Å². The second-order valence-electron chi connectivity index (χ2n) is 4.86. The van der Waals surface area contributed by atoms with Crippen molar-refractivity contribution in [2.45, 2.75) is 6.92 Å². The summed E-state index contributed by atoms with van der Waals surface area (Å²) in [5.41, 5.74) is 4.44. The van der Waals surface area contributed by atoms with Gasteiger partial charge in [0.05, 0.1) is 5.69 Å². The number of hydrogen-bond acceptors (Lipinski definition) is 3. The van der Waals surface area contributed by atoms with E-state index in [-0.39, 0.29) is 5.75 Å². The van der Waals surface area contributed by atoms with Crippen molar-refractivity contribution >= 4 is 23.5 Å². The first-order chi connectivity index (χ1) is 10.2. The number of rotatable bonds is 3. The number of aryl methyl sites for hydroxylation is 1. The summed E-state index contributed by atoms with van der Waals surface area (Å²) in [7, 11) is 0. The molecule has 2 nitrogen and oxygen atoms in total. The van der Waals surface area contributed by atoms with Crippen molar-refractivity contribution in [3.8, 4) is 17.0 Å². The van der Waals surface area contributed by atoms with Crippen molar-refractivity contribution in [1.29, 1.82) is 0 Å². The zero-order valence-corrected chi connectivity index (χ0v) is 12.5. The quantitative estimate of drug-likeness (QED) is 0.737. The molecule has 0 aliphatic rings. The SMILES string of the molecule is Cc1ccc(-c2csc(/C=C/c3ccc(O)cc3)n2)cc1. The number of nitrogens with zero attached hydrogens (tertiary/aromatic N) is 1. The molecule has 0 atom stereocenters. The van der Waals surface area contributed by atoms with Crippen molar-refractivity contribution in [2.75, 3.05) is 0 Å². The Balaban J connectivity index is 1.78. The molecule has 21 heavy (non-hydrogen) atoms. The van der Waals surface area contributed by atoms with Crippen LogP contribution in [0.4, 0.5) is 0 Å². The second-order valence-corrected chi connectivity index (χ2v) is 5.75. The Hall–Kier alpha value is -2.39. The standard InChI is InChI=1S/C18H15NOS/c1-13-2-7-15(8-3-13)17-12-21-18(19-17)11-6-14-4-9-16(20)10-5-14/h2-12,20H,1H3/b11-6+. The average Bonchev–Trinajstić information content (AvgIpc) is 2.96. The molecule has 1 aromatic heterocycles. The molecule has 3 aromatic rings. The zero-order valence-electron chi connectivity index (χ0n) is 11.7. The largest absolute Gasteiger partial charge is 0.508 e. The Kier molecular flexibility index (Phi) is 3.84. The van der Waals surface area contributed by atoms with Crippen LogP contribution in [0, 0.1) is 6.92 Å². The van der Waals surface area contributed by atoms with Gasteiger partial charge in [0, 0.05) is 10.9 Å². The molecule has 0 aliphatic heterocycles. The molecule has 3 rings (SSSR count). The van der Waals surface area contributed by atoms with Gasteiger partial charge in [-0.05, 0) is 30.7 Å². The molecular formula is C18H15NOS. The highest BCUT2D eigenvalue weighted by Gasteiger charge is 2.02. The summed E-state index contributed by atoms with van der Waals surface area (Å²) in [5, 5.41) is 12.3. The molecule has 0 fully saturated rings. The van der Waals surface area contributed by atoms with Crippen molar-refractivity contribution in [2.24, 2.45) is 0 Å². The summed E-state index contributed by atoms with van der Waals surface area (Å²) in [6.07, 6.45) is 3.99. The lowest BCUT2D eigenvalue weighted by atomic mass is 10.1. The summed E-state index contributed by atoms with van der Waals surface area (Å²) in [6.45, 7) is 2.08. The first-order valence-electron chi connectivity index (χ1n) is 6.70. The maximum Gasteiger partial charge on any atom is 0.116 e. The molecule has 104 valence electrons. The minimum Gasteiger partial charge on any atom is -0.508 e. The average molecular weight is 293 g/mol. The highest BCUT2D eigenvalue weighted by molar-refractivity contribution is 7.10. The van der Waals surface area contributed by atoms with E-state index in [4.69, 9.17) is 0 Å². The number of phenolic OH excluding ortho intramolecular Hbond substituents is 1. The summed E-state index contributed by atoms with van der Waals surface area (Å²) >= 11 is 1.62. The van der Waals surface area contributed by atoms with Crippen molar-refractivity contribution in [1.82, 2.24) is 4.98 Å². The molecule has 0 radical (unpaired) electrons. The maximum atomic E-state index is 9.26. The predicted molar refractivity (Wildman–Crippen MR) is 89.3 cm³/mol. The molecule has 0 saturated carbocycles. The number of thiazole rings is 1. The van der Waals surface area contributed by atoms with Crippen LogP contribution < -0.4 is 0 Å². The molecule has 1 N–H and O–H groups in total. The van der Waals surface area contributed by atoms with Crippen LogP contribution in [0.15, 0.2) is 53.9 Å². The van der Waals surface area contributed by atoms with Gasteiger partial charge in [0.25, 0.3) is 0 Å². The van der Waals surface area contributed by atoms with Crippen LogP contribution in [-0.2, 0) is 0 Å². The Bertz CT molecular complexity index is 755. The van der Waals surface area contributed by atoms with Gasteiger partial charge in [-0.2, -0.15) is 0 Å². The summed E-state index contributed by atoms with van der Waals surface area (Å²) in [5.74, 6) is 0.281. The molecular weight excluding hydrogens is 278 g/mol. The van der Waals surface area contributed by atoms with Gasteiger partial charge < -0.3 is 5.11 Å². The Morgan fingerprint density at radius 3 is 2.38 bits per heavy atom. The van der Waals surface area contributed by atoms with Gasteiger partial charge in [-0.1, -0.05) is 48.0 Å². The Morgan fingerprint density at radius 2 is 1.67 bits per heavy atom. The maximum absolute atomic E-state index is 9.26. The monoisotopic (exact) mass is 293 g/mol. The zero-order chi connectivity index (χ0) is 14.7. The van der Waals surface area contributed by atoms with Crippen molar-refractivity contribution in [3.63, 3.8) is 0 Å². The van der Waals surface area contributed by atoms with E-state index in [1.54, 1.807) is 23.5 Å². The number of benzene rings is 2. The number of hydrogen-bond donors (Lipinski definition) is 1. The smallest absolute Gasteiger partial charge is 0.116 e. The normalized spacial score (nSPS) is 11.1. The first kappa shape index (κ1) is 13.6. The molecule has 0 aliphatic carbocycles. The summed E-state index contributed by atoms with van der Waals surface area (Å²) in [4.78, 5) is 4.63.